The van der Waals surface area contributed by atoms with Crippen molar-refractivity contribution in [3.63, 3.8) is 0 Å². The van der Waals surface area contributed by atoms with E-state index in [9.17, 15) is 0 Å². The fourth-order valence-corrected chi connectivity index (χ4v) is 15.1. The van der Waals surface area contributed by atoms with Crippen LogP contribution in [0.25, 0.3) is 0 Å². The molecule has 12 heteroatoms. The maximum absolute atomic E-state index is 16.1. The summed E-state index contributed by atoms with van der Waals surface area (Å²) in [4.78, 5) is 14.8. The number of para-hydroxylation sites is 6. The average Bonchev–Trinajstić information content (AvgIpc) is 3.18. The standard InChI is InChI=1S/C39H24N3O6P3/c43-49(31-19-7-1-13-25(31)46-26-14-2-8-20-32(26)49)37-40-38(50(44)33-21-9-3-15-27(33)47-28-16-4-10-22-34(28)50)42-39(41-37)51(45)35-23-11-5-17-29(35)48-30-18-6-12-24-36(30)51/h1-24H. The molecule has 3 aliphatic rings. The quantitative estimate of drug-likeness (QED) is 0.230. The van der Waals surface area contributed by atoms with Crippen molar-refractivity contribution in [2.24, 2.45) is 0 Å². The topological polar surface area (TPSA) is 118 Å². The Labute approximate surface area is 292 Å². The highest BCUT2D eigenvalue weighted by molar-refractivity contribution is 7.87. The monoisotopic (exact) mass is 723 g/mol. The molecule has 0 radical (unpaired) electrons. The van der Waals surface area contributed by atoms with Crippen LogP contribution in [0.2, 0.25) is 0 Å². The average molecular weight is 724 g/mol. The summed E-state index contributed by atoms with van der Waals surface area (Å²) in [5.74, 6) is 2.28. The summed E-state index contributed by atoms with van der Waals surface area (Å²) in [6.45, 7) is 0. The van der Waals surface area contributed by atoms with Gasteiger partial charge in [0.15, 0.2) is 0 Å². The first-order chi connectivity index (χ1) is 24.9. The highest BCUT2D eigenvalue weighted by atomic mass is 31.2. The Morgan fingerprint density at radius 2 is 0.471 bits per heavy atom. The fraction of sp³-hybridized carbons (Fsp3) is 0. The van der Waals surface area contributed by atoms with E-state index in [0.717, 1.165) is 0 Å². The van der Waals surface area contributed by atoms with Gasteiger partial charge in [-0.3, -0.25) is 0 Å². The summed E-state index contributed by atoms with van der Waals surface area (Å²) in [6, 6.07) is 42.1. The fourth-order valence-electron chi connectivity index (χ4n) is 6.98. The number of rotatable bonds is 3. The minimum Gasteiger partial charge on any atom is -0.456 e. The highest BCUT2D eigenvalue weighted by Gasteiger charge is 2.49. The van der Waals surface area contributed by atoms with Gasteiger partial charge in [-0.1, -0.05) is 72.8 Å². The Hall–Kier alpha value is -5.58. The lowest BCUT2D eigenvalue weighted by molar-refractivity contribution is 0.485. The molecule has 9 nitrogen and oxygen atoms in total. The van der Waals surface area contributed by atoms with Gasteiger partial charge in [0.05, 0.1) is 31.8 Å². The molecule has 1 aromatic heterocycles. The second-order valence-corrected chi connectivity index (χ2v) is 19.9. The molecule has 246 valence electrons. The van der Waals surface area contributed by atoms with Gasteiger partial charge >= 0.3 is 0 Å². The van der Waals surface area contributed by atoms with Gasteiger partial charge in [0.1, 0.15) is 34.5 Å². The lowest BCUT2D eigenvalue weighted by atomic mass is 10.3. The SMILES string of the molecule is O=P1(c2nc(P3(=O)c4ccccc4Oc4ccccc43)nc(P3(=O)c4ccccc4Oc4ccccc43)n2)c2ccccc2Oc2ccccc21. The van der Waals surface area contributed by atoms with Gasteiger partial charge in [-0.05, 0) is 72.8 Å². The molecule has 10 rings (SSSR count). The summed E-state index contributed by atoms with van der Waals surface area (Å²) in [6.07, 6.45) is 0. The molecular formula is C39H24N3O6P3. The molecule has 4 heterocycles. The number of aromatic nitrogens is 3. The molecule has 0 N–H and O–H groups in total. The van der Waals surface area contributed by atoms with Crippen LogP contribution in [0.3, 0.4) is 0 Å². The molecule has 6 aromatic carbocycles. The molecule has 0 saturated carbocycles. The molecular weight excluding hydrogens is 699 g/mol. The first-order valence-electron chi connectivity index (χ1n) is 16.1. The third kappa shape index (κ3) is 4.17. The van der Waals surface area contributed by atoms with Crippen LogP contribution in [0.4, 0.5) is 0 Å². The van der Waals surface area contributed by atoms with E-state index in [2.05, 4.69) is 0 Å². The van der Waals surface area contributed by atoms with Crippen molar-refractivity contribution in [3.05, 3.63) is 146 Å². The predicted octanol–water partition coefficient (Wildman–Crippen LogP) is 5.11. The predicted molar refractivity (Wildman–Crippen MR) is 198 cm³/mol. The number of fused-ring (bicyclic) bond motifs is 6. The highest BCUT2D eigenvalue weighted by Crippen LogP contribution is 2.55. The van der Waals surface area contributed by atoms with Crippen LogP contribution in [-0.2, 0) is 13.7 Å². The molecule has 0 spiro atoms. The summed E-state index contributed by atoms with van der Waals surface area (Å²) in [5.41, 5.74) is -0.461. The smallest absolute Gasteiger partial charge is 0.214 e. The van der Waals surface area contributed by atoms with Crippen LogP contribution < -0.4 is 62.7 Å². The maximum atomic E-state index is 16.1. The number of hydrogen-bond donors (Lipinski definition) is 0. The van der Waals surface area contributed by atoms with Crippen molar-refractivity contribution in [1.29, 1.82) is 0 Å². The van der Waals surface area contributed by atoms with Gasteiger partial charge in [0, 0.05) is 0 Å². The first-order valence-corrected chi connectivity index (χ1v) is 21.2. The van der Waals surface area contributed by atoms with Gasteiger partial charge in [-0.25, -0.2) is 15.0 Å². The number of benzene rings is 6. The normalized spacial score (nSPS) is 16.2. The number of nitrogens with zero attached hydrogens (tertiary/aromatic N) is 3. The van der Waals surface area contributed by atoms with Gasteiger partial charge in [0.2, 0.25) is 38.1 Å². The van der Waals surface area contributed by atoms with Crippen molar-refractivity contribution < 1.29 is 27.9 Å². The third-order valence-corrected chi connectivity index (χ3v) is 17.9. The van der Waals surface area contributed by atoms with Crippen LogP contribution in [0.15, 0.2) is 146 Å². The molecule has 0 atom stereocenters. The van der Waals surface area contributed by atoms with E-state index < -0.39 is 21.4 Å². The van der Waals surface area contributed by atoms with E-state index in [1.165, 1.54) is 0 Å². The zero-order chi connectivity index (χ0) is 34.4. The largest absolute Gasteiger partial charge is 0.456 e. The summed E-state index contributed by atoms with van der Waals surface area (Å²) in [5, 5.41) is 2.19. The van der Waals surface area contributed by atoms with Gasteiger partial charge < -0.3 is 27.9 Å². The zero-order valence-corrected chi connectivity index (χ0v) is 29.2. The van der Waals surface area contributed by atoms with E-state index in [1.807, 2.05) is 0 Å². The van der Waals surface area contributed by atoms with Gasteiger partial charge in [-0.15, -0.1) is 0 Å². The molecule has 0 saturated heterocycles. The van der Waals surface area contributed by atoms with Crippen molar-refractivity contribution in [2.75, 3.05) is 0 Å². The molecule has 3 aliphatic heterocycles. The van der Waals surface area contributed by atoms with Gasteiger partial charge in [0.25, 0.3) is 0 Å². The molecule has 7 aromatic rings. The minimum atomic E-state index is -3.99. The van der Waals surface area contributed by atoms with E-state index >= 15 is 13.7 Å². The van der Waals surface area contributed by atoms with Crippen molar-refractivity contribution in [1.82, 2.24) is 15.0 Å². The summed E-state index contributed by atoms with van der Waals surface area (Å²) < 4.78 is 66.9. The van der Waals surface area contributed by atoms with Crippen LogP contribution in [0, 0.1) is 0 Å². The van der Waals surface area contributed by atoms with Crippen molar-refractivity contribution in [3.8, 4) is 34.5 Å². The molecule has 51 heavy (non-hydrogen) atoms. The van der Waals surface area contributed by atoms with E-state index in [1.54, 1.807) is 146 Å². The molecule has 0 unspecified atom stereocenters. The third-order valence-electron chi connectivity index (χ3n) is 9.33. The summed E-state index contributed by atoms with van der Waals surface area (Å²) in [7, 11) is -12.0. The van der Waals surface area contributed by atoms with Crippen molar-refractivity contribution in [2.45, 2.75) is 0 Å². The van der Waals surface area contributed by atoms with E-state index in [-0.39, 0.29) is 16.7 Å². The van der Waals surface area contributed by atoms with Crippen molar-refractivity contribution >= 4 is 69.9 Å². The Balaban J connectivity index is 1.35. The van der Waals surface area contributed by atoms with Gasteiger partial charge in [-0.2, -0.15) is 0 Å². The zero-order valence-electron chi connectivity index (χ0n) is 26.5. The lowest BCUT2D eigenvalue weighted by Crippen LogP contribution is -2.46. The lowest BCUT2D eigenvalue weighted by Gasteiger charge is -2.31. The second kappa shape index (κ2) is 11.0. The number of hydrogen-bond acceptors (Lipinski definition) is 9. The van der Waals surface area contributed by atoms with Crippen LogP contribution in [-0.4, -0.2) is 15.0 Å². The molecule has 0 aliphatic carbocycles. The van der Waals surface area contributed by atoms with E-state index in [4.69, 9.17) is 29.2 Å². The van der Waals surface area contributed by atoms with Crippen LogP contribution in [0.1, 0.15) is 0 Å². The first kappa shape index (κ1) is 30.3. The Morgan fingerprint density at radius 1 is 0.294 bits per heavy atom. The minimum absolute atomic E-state index is 0.154. The Bertz CT molecular complexity index is 2310. The van der Waals surface area contributed by atoms with Crippen LogP contribution >= 0.6 is 21.4 Å². The summed E-state index contributed by atoms with van der Waals surface area (Å²) >= 11 is 0. The maximum Gasteiger partial charge on any atom is 0.214 e. The van der Waals surface area contributed by atoms with E-state index in [0.29, 0.717) is 66.3 Å². The van der Waals surface area contributed by atoms with Crippen LogP contribution in [0.5, 0.6) is 34.5 Å². The Kier molecular flexibility index (Phi) is 6.50. The molecule has 0 fully saturated rings. The number of ether oxygens (including phenoxy) is 3. The Morgan fingerprint density at radius 3 is 0.667 bits per heavy atom. The second-order valence-electron chi connectivity index (χ2n) is 12.2. The molecule has 0 bridgehead atoms. The molecule has 0 amide bonds.